The lowest BCUT2D eigenvalue weighted by atomic mass is 10.0. The lowest BCUT2D eigenvalue weighted by Crippen LogP contribution is -2.53. The highest BCUT2D eigenvalue weighted by Crippen LogP contribution is 2.16. The molecule has 0 radical (unpaired) electrons. The molecule has 1 aromatic rings. The maximum Gasteiger partial charge on any atom is 0.401 e. The molecule has 170 valence electrons. The Kier molecular flexibility index (Phi) is 9.14. The molecule has 0 fully saturated rings. The number of esters is 1. The van der Waals surface area contributed by atoms with Gasteiger partial charge in [0, 0.05) is 0 Å². The number of benzene rings is 1. The van der Waals surface area contributed by atoms with E-state index in [9.17, 15) is 27.9 Å². The fraction of sp³-hybridized carbons (Fsp3) is 0.619. The molecule has 1 amide bonds. The van der Waals surface area contributed by atoms with Gasteiger partial charge in [-0.2, -0.15) is 13.2 Å². The summed E-state index contributed by atoms with van der Waals surface area (Å²) in [5.41, 5.74) is -0.211. The number of hydrogen-bond donors (Lipinski definition) is 3. The summed E-state index contributed by atoms with van der Waals surface area (Å²) in [7, 11) is 0. The molecule has 0 bridgehead atoms. The van der Waals surface area contributed by atoms with Gasteiger partial charge in [0.25, 0.3) is 0 Å². The van der Waals surface area contributed by atoms with Crippen molar-refractivity contribution in [3.8, 4) is 5.75 Å². The summed E-state index contributed by atoms with van der Waals surface area (Å²) >= 11 is 0. The van der Waals surface area contributed by atoms with Gasteiger partial charge < -0.3 is 15.2 Å². The van der Waals surface area contributed by atoms with E-state index in [-0.39, 0.29) is 24.5 Å². The third kappa shape index (κ3) is 10.5. The average molecular weight is 432 g/mol. The topological polar surface area (TPSA) is 87.7 Å². The van der Waals surface area contributed by atoms with Gasteiger partial charge in [-0.25, -0.2) is 4.79 Å². The van der Waals surface area contributed by atoms with E-state index in [0.29, 0.717) is 5.56 Å². The number of aromatic hydroxyl groups is 1. The minimum atomic E-state index is -4.50. The van der Waals surface area contributed by atoms with Crippen LogP contribution >= 0.6 is 0 Å². The Bertz CT molecular complexity index is 698. The van der Waals surface area contributed by atoms with Crippen molar-refractivity contribution in [3.63, 3.8) is 0 Å². The van der Waals surface area contributed by atoms with E-state index in [4.69, 9.17) is 4.74 Å². The number of carbonyl (C=O) groups excluding carboxylic acids is 2. The normalized spacial score (nSPS) is 14.3. The Labute approximate surface area is 175 Å². The largest absolute Gasteiger partial charge is 0.508 e. The highest BCUT2D eigenvalue weighted by atomic mass is 19.4. The van der Waals surface area contributed by atoms with Crippen LogP contribution in [0.3, 0.4) is 0 Å². The van der Waals surface area contributed by atoms with Crippen LogP contribution in [0.4, 0.5) is 13.2 Å². The summed E-state index contributed by atoms with van der Waals surface area (Å²) in [4.78, 5) is 25.3. The molecule has 0 aliphatic carbocycles. The summed E-state index contributed by atoms with van der Waals surface area (Å²) in [6, 6.07) is 3.60. The van der Waals surface area contributed by atoms with Crippen LogP contribution in [0, 0.1) is 5.92 Å². The van der Waals surface area contributed by atoms with Crippen molar-refractivity contribution in [1.82, 2.24) is 10.6 Å². The predicted molar refractivity (Wildman–Crippen MR) is 107 cm³/mol. The minimum Gasteiger partial charge on any atom is -0.508 e. The first-order valence-electron chi connectivity index (χ1n) is 9.77. The molecule has 30 heavy (non-hydrogen) atoms. The number of nitrogens with one attached hydrogen (secondary N) is 2. The molecule has 0 saturated heterocycles. The van der Waals surface area contributed by atoms with Crippen molar-refractivity contribution in [2.45, 2.75) is 71.3 Å². The fourth-order valence-electron chi connectivity index (χ4n) is 2.69. The summed E-state index contributed by atoms with van der Waals surface area (Å²) in [6.07, 6.45) is -4.27. The van der Waals surface area contributed by atoms with E-state index in [1.54, 1.807) is 20.8 Å². The monoisotopic (exact) mass is 432 g/mol. The molecule has 3 N–H and O–H groups in total. The number of phenols is 1. The standard InChI is InChI=1S/C21H31F3N2O4/c1-13(2)10-17(19(29)30-20(3,4)5)26-18(28)16(25-12-21(22,23)24)11-14-6-8-15(27)9-7-14/h6-9,13,16-17,25,27H,10-12H2,1-5H3,(H,26,28)/t16-,17-/m0/s1. The number of hydrogen-bond acceptors (Lipinski definition) is 5. The zero-order valence-corrected chi connectivity index (χ0v) is 18.0. The summed E-state index contributed by atoms with van der Waals surface area (Å²) < 4.78 is 43.5. The highest BCUT2D eigenvalue weighted by molar-refractivity contribution is 5.87. The Hall–Kier alpha value is -2.29. The first kappa shape index (κ1) is 25.7. The highest BCUT2D eigenvalue weighted by Gasteiger charge is 2.33. The van der Waals surface area contributed by atoms with Gasteiger partial charge in [-0.15, -0.1) is 0 Å². The van der Waals surface area contributed by atoms with Crippen molar-refractivity contribution in [1.29, 1.82) is 0 Å². The quantitative estimate of drug-likeness (QED) is 0.521. The third-order valence-electron chi connectivity index (χ3n) is 3.96. The number of halogens is 3. The minimum absolute atomic E-state index is 0.00456. The maximum atomic E-state index is 12.8. The second-order valence-corrected chi connectivity index (χ2v) is 8.64. The van der Waals surface area contributed by atoms with Gasteiger partial charge in [-0.05, 0) is 57.2 Å². The summed E-state index contributed by atoms with van der Waals surface area (Å²) in [5, 5.41) is 14.1. The second-order valence-electron chi connectivity index (χ2n) is 8.64. The van der Waals surface area contributed by atoms with Crippen LogP contribution in [0.15, 0.2) is 24.3 Å². The lowest BCUT2D eigenvalue weighted by molar-refractivity contribution is -0.159. The third-order valence-corrected chi connectivity index (χ3v) is 3.96. The van der Waals surface area contributed by atoms with Gasteiger partial charge in [0.15, 0.2) is 0 Å². The molecule has 1 rings (SSSR count). The van der Waals surface area contributed by atoms with E-state index in [0.717, 1.165) is 0 Å². The number of ether oxygens (including phenoxy) is 1. The van der Waals surface area contributed by atoms with Gasteiger partial charge >= 0.3 is 12.1 Å². The number of amides is 1. The van der Waals surface area contributed by atoms with E-state index < -0.39 is 42.3 Å². The molecule has 0 saturated carbocycles. The summed E-state index contributed by atoms with van der Waals surface area (Å²) in [5.74, 6) is -1.32. The SMILES string of the molecule is CC(C)C[C@H](NC(=O)[C@H](Cc1ccc(O)cc1)NCC(F)(F)F)C(=O)OC(C)(C)C. The molecule has 1 aromatic carbocycles. The van der Waals surface area contributed by atoms with Crippen molar-refractivity contribution in [2.24, 2.45) is 5.92 Å². The van der Waals surface area contributed by atoms with Gasteiger partial charge in [0.2, 0.25) is 5.91 Å². The molecule has 0 aliphatic heterocycles. The second kappa shape index (κ2) is 10.7. The van der Waals surface area contributed by atoms with Crippen molar-refractivity contribution >= 4 is 11.9 Å². The molecule has 0 aliphatic rings. The number of phenolic OH excluding ortho intramolecular Hbond substituents is 1. The lowest BCUT2D eigenvalue weighted by Gasteiger charge is -2.27. The first-order chi connectivity index (χ1) is 13.7. The molecular weight excluding hydrogens is 401 g/mol. The average Bonchev–Trinajstić information content (AvgIpc) is 2.56. The van der Waals surface area contributed by atoms with Crippen LogP contribution in [0.25, 0.3) is 0 Å². The van der Waals surface area contributed by atoms with Crippen molar-refractivity contribution in [2.75, 3.05) is 6.54 Å². The van der Waals surface area contributed by atoms with E-state index >= 15 is 0 Å². The van der Waals surface area contributed by atoms with Gasteiger partial charge in [-0.3, -0.25) is 10.1 Å². The first-order valence-corrected chi connectivity index (χ1v) is 9.77. The molecular formula is C21H31F3N2O4. The van der Waals surface area contributed by atoms with Gasteiger partial charge in [0.1, 0.15) is 17.4 Å². The molecule has 6 nitrogen and oxygen atoms in total. The van der Waals surface area contributed by atoms with E-state index in [1.807, 2.05) is 13.8 Å². The molecule has 2 atom stereocenters. The summed E-state index contributed by atoms with van der Waals surface area (Å²) in [6.45, 7) is 7.44. The molecule has 0 heterocycles. The molecule has 9 heteroatoms. The van der Waals surface area contributed by atoms with Crippen LogP contribution in [0.1, 0.15) is 46.6 Å². The molecule has 0 aromatic heterocycles. The van der Waals surface area contributed by atoms with Crippen molar-refractivity contribution < 1.29 is 32.6 Å². The predicted octanol–water partition coefficient (Wildman–Crippen LogP) is 3.33. The Morgan fingerprint density at radius 2 is 1.63 bits per heavy atom. The molecule has 0 spiro atoms. The number of rotatable bonds is 9. The van der Waals surface area contributed by atoms with Crippen LogP contribution in [-0.2, 0) is 20.7 Å². The van der Waals surface area contributed by atoms with Crippen LogP contribution < -0.4 is 10.6 Å². The fourth-order valence-corrected chi connectivity index (χ4v) is 2.69. The van der Waals surface area contributed by atoms with E-state index in [2.05, 4.69) is 10.6 Å². The van der Waals surface area contributed by atoms with Crippen molar-refractivity contribution in [3.05, 3.63) is 29.8 Å². The Balaban J connectivity index is 2.99. The van der Waals surface area contributed by atoms with E-state index in [1.165, 1.54) is 24.3 Å². The van der Waals surface area contributed by atoms with Gasteiger partial charge in [-0.1, -0.05) is 26.0 Å². The Morgan fingerprint density at radius 1 is 1.07 bits per heavy atom. The van der Waals surface area contributed by atoms with Gasteiger partial charge in [0.05, 0.1) is 12.6 Å². The number of alkyl halides is 3. The molecule has 0 unspecified atom stereocenters. The zero-order chi connectivity index (χ0) is 23.1. The van der Waals surface area contributed by atoms with Crippen LogP contribution in [-0.4, -0.2) is 47.4 Å². The number of carbonyl (C=O) groups is 2. The zero-order valence-electron chi connectivity index (χ0n) is 18.0. The smallest absolute Gasteiger partial charge is 0.401 e. The maximum absolute atomic E-state index is 12.8. The van der Waals surface area contributed by atoms with Crippen LogP contribution in [0.5, 0.6) is 5.75 Å². The van der Waals surface area contributed by atoms with Crippen LogP contribution in [0.2, 0.25) is 0 Å². The Morgan fingerprint density at radius 3 is 2.10 bits per heavy atom.